The molecule has 0 saturated heterocycles. The van der Waals surface area contributed by atoms with Crippen LogP contribution in [0.3, 0.4) is 0 Å². The fourth-order valence-corrected chi connectivity index (χ4v) is 1.28. The van der Waals surface area contributed by atoms with Crippen LogP contribution in [0.2, 0.25) is 0 Å². The SMILES string of the molecule is O=C(NCCCl)NCCc1ccccc1. The van der Waals surface area contributed by atoms with Gasteiger partial charge in [-0.25, -0.2) is 4.79 Å². The summed E-state index contributed by atoms with van der Waals surface area (Å²) in [6, 6.07) is 9.87. The van der Waals surface area contributed by atoms with Crippen LogP contribution in [0, 0.1) is 0 Å². The Balaban J connectivity index is 2.14. The van der Waals surface area contributed by atoms with E-state index < -0.39 is 0 Å². The first kappa shape index (κ1) is 11.9. The van der Waals surface area contributed by atoms with Gasteiger partial charge in [0, 0.05) is 19.0 Å². The van der Waals surface area contributed by atoms with Crippen LogP contribution in [0.25, 0.3) is 0 Å². The van der Waals surface area contributed by atoms with Crippen molar-refractivity contribution in [1.82, 2.24) is 10.6 Å². The van der Waals surface area contributed by atoms with Crippen LogP contribution in [0.15, 0.2) is 30.3 Å². The molecule has 0 aliphatic heterocycles. The number of carbonyl (C=O) groups excluding carboxylic acids is 1. The van der Waals surface area contributed by atoms with Gasteiger partial charge in [0.2, 0.25) is 0 Å². The molecule has 0 heterocycles. The molecule has 1 aromatic carbocycles. The molecule has 0 spiro atoms. The van der Waals surface area contributed by atoms with Gasteiger partial charge in [-0.1, -0.05) is 30.3 Å². The van der Waals surface area contributed by atoms with E-state index in [0.717, 1.165) is 6.42 Å². The maximum atomic E-state index is 11.1. The van der Waals surface area contributed by atoms with Crippen LogP contribution in [0.5, 0.6) is 0 Å². The van der Waals surface area contributed by atoms with Crippen molar-refractivity contribution < 1.29 is 4.79 Å². The Morgan fingerprint density at radius 1 is 1.13 bits per heavy atom. The van der Waals surface area contributed by atoms with E-state index in [1.165, 1.54) is 5.56 Å². The van der Waals surface area contributed by atoms with E-state index in [4.69, 9.17) is 11.6 Å². The standard InChI is InChI=1S/C11H15ClN2O/c12-7-9-14-11(15)13-8-6-10-4-2-1-3-5-10/h1-5H,6-9H2,(H2,13,14,15). The van der Waals surface area contributed by atoms with Gasteiger partial charge in [-0.2, -0.15) is 0 Å². The molecule has 1 aromatic rings. The molecule has 4 heteroatoms. The van der Waals surface area contributed by atoms with Gasteiger partial charge in [0.15, 0.2) is 0 Å². The van der Waals surface area contributed by atoms with Gasteiger partial charge in [-0.05, 0) is 12.0 Å². The number of nitrogens with one attached hydrogen (secondary N) is 2. The van der Waals surface area contributed by atoms with E-state index in [-0.39, 0.29) is 6.03 Å². The number of urea groups is 1. The third kappa shape index (κ3) is 5.27. The molecular formula is C11H15ClN2O. The summed E-state index contributed by atoms with van der Waals surface area (Å²) in [6.07, 6.45) is 0.842. The molecule has 0 aromatic heterocycles. The zero-order valence-corrected chi connectivity index (χ0v) is 9.26. The van der Waals surface area contributed by atoms with Gasteiger partial charge in [-0.3, -0.25) is 0 Å². The fraction of sp³-hybridized carbons (Fsp3) is 0.364. The van der Waals surface area contributed by atoms with Crippen molar-refractivity contribution in [3.05, 3.63) is 35.9 Å². The zero-order chi connectivity index (χ0) is 10.9. The van der Waals surface area contributed by atoms with E-state index in [9.17, 15) is 4.79 Å². The first-order chi connectivity index (χ1) is 7.33. The topological polar surface area (TPSA) is 41.1 Å². The normalized spacial score (nSPS) is 9.67. The lowest BCUT2D eigenvalue weighted by atomic mass is 10.1. The number of rotatable bonds is 5. The minimum atomic E-state index is -0.161. The predicted octanol–water partition coefficient (Wildman–Crippen LogP) is 1.77. The van der Waals surface area contributed by atoms with Gasteiger partial charge in [0.25, 0.3) is 0 Å². The Hall–Kier alpha value is -1.22. The monoisotopic (exact) mass is 226 g/mol. The maximum absolute atomic E-state index is 11.1. The van der Waals surface area contributed by atoms with Crippen LogP contribution in [0.1, 0.15) is 5.56 Å². The molecule has 0 aliphatic carbocycles. The van der Waals surface area contributed by atoms with Crippen molar-refractivity contribution >= 4 is 17.6 Å². The Labute approximate surface area is 94.8 Å². The van der Waals surface area contributed by atoms with E-state index in [1.807, 2.05) is 30.3 Å². The summed E-state index contributed by atoms with van der Waals surface area (Å²) in [5.41, 5.74) is 1.22. The molecule has 15 heavy (non-hydrogen) atoms. The third-order valence-corrected chi connectivity index (χ3v) is 2.11. The zero-order valence-electron chi connectivity index (χ0n) is 8.50. The Kier molecular flexibility index (Phi) is 5.63. The highest BCUT2D eigenvalue weighted by atomic mass is 35.5. The first-order valence-corrected chi connectivity index (χ1v) is 5.48. The molecule has 2 N–H and O–H groups in total. The number of hydrogen-bond acceptors (Lipinski definition) is 1. The average molecular weight is 227 g/mol. The number of halogens is 1. The Bertz CT molecular complexity index is 290. The van der Waals surface area contributed by atoms with E-state index in [2.05, 4.69) is 10.6 Å². The fourth-order valence-electron chi connectivity index (χ4n) is 1.19. The second kappa shape index (κ2) is 7.12. The van der Waals surface area contributed by atoms with Crippen LogP contribution >= 0.6 is 11.6 Å². The summed E-state index contributed by atoms with van der Waals surface area (Å²) < 4.78 is 0. The molecule has 0 atom stereocenters. The summed E-state index contributed by atoms with van der Waals surface area (Å²) in [4.78, 5) is 11.1. The first-order valence-electron chi connectivity index (χ1n) is 4.94. The molecular weight excluding hydrogens is 212 g/mol. The van der Waals surface area contributed by atoms with E-state index >= 15 is 0 Å². The lowest BCUT2D eigenvalue weighted by molar-refractivity contribution is 0.241. The van der Waals surface area contributed by atoms with Gasteiger partial charge in [0.1, 0.15) is 0 Å². The Morgan fingerprint density at radius 3 is 2.47 bits per heavy atom. The van der Waals surface area contributed by atoms with Gasteiger partial charge in [0.05, 0.1) is 0 Å². The minimum absolute atomic E-state index is 0.161. The number of alkyl halides is 1. The van der Waals surface area contributed by atoms with Crippen LogP contribution in [0.4, 0.5) is 4.79 Å². The van der Waals surface area contributed by atoms with E-state index in [1.54, 1.807) is 0 Å². The Morgan fingerprint density at radius 2 is 1.80 bits per heavy atom. The van der Waals surface area contributed by atoms with Crippen molar-refractivity contribution in [3.8, 4) is 0 Å². The van der Waals surface area contributed by atoms with Crippen molar-refractivity contribution in [2.24, 2.45) is 0 Å². The average Bonchev–Trinajstić information content (AvgIpc) is 2.28. The molecule has 0 radical (unpaired) electrons. The van der Waals surface area contributed by atoms with Gasteiger partial charge in [-0.15, -0.1) is 11.6 Å². The molecule has 3 nitrogen and oxygen atoms in total. The second-order valence-electron chi connectivity index (χ2n) is 3.11. The van der Waals surface area contributed by atoms with Gasteiger partial charge >= 0.3 is 6.03 Å². The molecule has 2 amide bonds. The lowest BCUT2D eigenvalue weighted by Gasteiger charge is -2.05. The predicted molar refractivity (Wildman–Crippen MR) is 62.3 cm³/mol. The van der Waals surface area contributed by atoms with Gasteiger partial charge < -0.3 is 10.6 Å². The number of benzene rings is 1. The molecule has 0 unspecified atom stereocenters. The van der Waals surface area contributed by atoms with Crippen molar-refractivity contribution in [3.63, 3.8) is 0 Å². The van der Waals surface area contributed by atoms with E-state index in [0.29, 0.717) is 19.0 Å². The highest BCUT2D eigenvalue weighted by Gasteiger charge is 1.97. The largest absolute Gasteiger partial charge is 0.338 e. The summed E-state index contributed by atoms with van der Waals surface area (Å²) in [5, 5.41) is 5.39. The summed E-state index contributed by atoms with van der Waals surface area (Å²) in [5.74, 6) is 0.437. The third-order valence-electron chi connectivity index (χ3n) is 1.92. The molecule has 0 saturated carbocycles. The van der Waals surface area contributed by atoms with Crippen LogP contribution in [-0.2, 0) is 6.42 Å². The van der Waals surface area contributed by atoms with Crippen LogP contribution < -0.4 is 10.6 Å². The van der Waals surface area contributed by atoms with Crippen molar-refractivity contribution in [1.29, 1.82) is 0 Å². The second-order valence-corrected chi connectivity index (χ2v) is 3.49. The molecule has 1 rings (SSSR count). The quantitative estimate of drug-likeness (QED) is 0.739. The van der Waals surface area contributed by atoms with Crippen molar-refractivity contribution in [2.75, 3.05) is 19.0 Å². The number of carbonyl (C=O) groups is 1. The van der Waals surface area contributed by atoms with Crippen molar-refractivity contribution in [2.45, 2.75) is 6.42 Å². The summed E-state index contributed by atoms with van der Waals surface area (Å²) >= 11 is 5.43. The minimum Gasteiger partial charge on any atom is -0.338 e. The molecule has 0 bridgehead atoms. The summed E-state index contributed by atoms with van der Waals surface area (Å²) in [7, 11) is 0. The smallest absolute Gasteiger partial charge is 0.314 e. The lowest BCUT2D eigenvalue weighted by Crippen LogP contribution is -2.37. The molecule has 0 aliphatic rings. The molecule has 82 valence electrons. The number of amides is 2. The molecule has 0 fully saturated rings. The van der Waals surface area contributed by atoms with Crippen LogP contribution in [-0.4, -0.2) is 25.0 Å². The summed E-state index contributed by atoms with van der Waals surface area (Å²) in [6.45, 7) is 1.14. The highest BCUT2D eigenvalue weighted by molar-refractivity contribution is 6.18. The number of hydrogen-bond donors (Lipinski definition) is 2. The highest BCUT2D eigenvalue weighted by Crippen LogP contribution is 1.97. The maximum Gasteiger partial charge on any atom is 0.314 e.